The Hall–Kier alpha value is -0.120. The summed E-state index contributed by atoms with van der Waals surface area (Å²) in [5, 5.41) is 6.78. The Morgan fingerprint density at radius 3 is 2.88 bits per heavy atom. The predicted octanol–water partition coefficient (Wildman–Crippen LogP) is 2.48. The van der Waals surface area contributed by atoms with Crippen molar-refractivity contribution in [1.29, 1.82) is 0 Å². The summed E-state index contributed by atoms with van der Waals surface area (Å²) in [5.74, 6) is 1.76. The number of ether oxygens (including phenoxy) is 2. The normalized spacial score (nSPS) is 24.3. The fourth-order valence-electron chi connectivity index (χ4n) is 3.51. The van der Waals surface area contributed by atoms with E-state index in [0.717, 1.165) is 70.7 Å². The van der Waals surface area contributed by atoms with Crippen molar-refractivity contribution in [3.05, 3.63) is 0 Å². The maximum Gasteiger partial charge on any atom is 0.191 e. The highest BCUT2D eigenvalue weighted by atomic mass is 127. The van der Waals surface area contributed by atoms with Gasteiger partial charge in [-0.1, -0.05) is 6.92 Å². The van der Waals surface area contributed by atoms with E-state index < -0.39 is 0 Å². The molecule has 7 heteroatoms. The molecule has 0 amide bonds. The van der Waals surface area contributed by atoms with Crippen molar-refractivity contribution in [1.82, 2.24) is 15.5 Å². The van der Waals surface area contributed by atoms with Crippen molar-refractivity contribution in [2.24, 2.45) is 10.9 Å². The SMILES string of the molecule is CCNC(=NCCCOCC1CCCO1)NCCN1CCCC(C)C1.I. The summed E-state index contributed by atoms with van der Waals surface area (Å²) in [7, 11) is 0. The Bertz CT molecular complexity index is 379. The molecule has 0 saturated carbocycles. The first kappa shape index (κ1) is 23.9. The van der Waals surface area contributed by atoms with Crippen LogP contribution in [0.15, 0.2) is 4.99 Å². The molecule has 2 heterocycles. The molecule has 2 aliphatic rings. The molecule has 6 nitrogen and oxygen atoms in total. The summed E-state index contributed by atoms with van der Waals surface area (Å²) in [6.45, 7) is 13.0. The van der Waals surface area contributed by atoms with Gasteiger partial charge in [0.1, 0.15) is 0 Å². The van der Waals surface area contributed by atoms with E-state index in [1.165, 1.54) is 32.4 Å². The van der Waals surface area contributed by atoms with Gasteiger partial charge in [-0.05, 0) is 51.5 Å². The summed E-state index contributed by atoms with van der Waals surface area (Å²) < 4.78 is 11.2. The highest BCUT2D eigenvalue weighted by Gasteiger charge is 2.16. The number of rotatable bonds is 10. The first-order valence-corrected chi connectivity index (χ1v) is 10.2. The monoisotopic (exact) mass is 482 g/mol. The zero-order valence-corrected chi connectivity index (χ0v) is 19.0. The minimum atomic E-state index is 0. The van der Waals surface area contributed by atoms with E-state index in [0.29, 0.717) is 6.10 Å². The lowest BCUT2D eigenvalue weighted by Gasteiger charge is -2.30. The first-order valence-electron chi connectivity index (χ1n) is 10.2. The molecule has 0 spiro atoms. The number of likely N-dealkylation sites (tertiary alicyclic amines) is 1. The van der Waals surface area contributed by atoms with Crippen LogP contribution in [0.1, 0.15) is 46.0 Å². The third kappa shape index (κ3) is 10.3. The lowest BCUT2D eigenvalue weighted by atomic mass is 10.0. The molecule has 2 fully saturated rings. The van der Waals surface area contributed by atoms with Gasteiger partial charge in [-0.25, -0.2) is 0 Å². The topological polar surface area (TPSA) is 58.1 Å². The Labute approximate surface area is 176 Å². The summed E-state index contributed by atoms with van der Waals surface area (Å²) in [5.41, 5.74) is 0. The number of halogens is 1. The van der Waals surface area contributed by atoms with E-state index in [1.807, 2.05) is 0 Å². The van der Waals surface area contributed by atoms with Crippen molar-refractivity contribution in [3.63, 3.8) is 0 Å². The van der Waals surface area contributed by atoms with Crippen molar-refractivity contribution >= 4 is 29.9 Å². The molecule has 0 radical (unpaired) electrons. The molecule has 2 rings (SSSR count). The largest absolute Gasteiger partial charge is 0.379 e. The van der Waals surface area contributed by atoms with Gasteiger partial charge in [0.05, 0.1) is 12.7 Å². The van der Waals surface area contributed by atoms with Gasteiger partial charge >= 0.3 is 0 Å². The predicted molar refractivity (Wildman–Crippen MR) is 119 cm³/mol. The van der Waals surface area contributed by atoms with Crippen LogP contribution in [0.25, 0.3) is 0 Å². The maximum atomic E-state index is 5.69. The van der Waals surface area contributed by atoms with E-state index in [1.54, 1.807) is 0 Å². The summed E-state index contributed by atoms with van der Waals surface area (Å²) in [6, 6.07) is 0. The van der Waals surface area contributed by atoms with Crippen LogP contribution in [0.4, 0.5) is 0 Å². The lowest BCUT2D eigenvalue weighted by Crippen LogP contribution is -2.43. The van der Waals surface area contributed by atoms with E-state index in [2.05, 4.69) is 34.4 Å². The van der Waals surface area contributed by atoms with Gasteiger partial charge in [0.2, 0.25) is 0 Å². The Morgan fingerprint density at radius 2 is 2.15 bits per heavy atom. The van der Waals surface area contributed by atoms with Crippen molar-refractivity contribution in [2.75, 3.05) is 59.1 Å². The van der Waals surface area contributed by atoms with Crippen LogP contribution >= 0.6 is 24.0 Å². The standard InChI is InChI=1S/C19H38N4O2.HI/c1-3-20-19(22-10-12-23-11-4-7-17(2)15-23)21-9-6-13-24-16-18-8-5-14-25-18;/h17-18H,3-16H2,1-2H3,(H2,20,21,22);1H. The number of guanidine groups is 1. The summed E-state index contributed by atoms with van der Waals surface area (Å²) >= 11 is 0. The van der Waals surface area contributed by atoms with Crippen LogP contribution in [-0.4, -0.2) is 76.1 Å². The number of aliphatic imine (C=N–C) groups is 1. The molecule has 0 bridgehead atoms. The number of hydrogen-bond donors (Lipinski definition) is 2. The third-order valence-electron chi connectivity index (χ3n) is 4.85. The van der Waals surface area contributed by atoms with Crippen LogP contribution in [0, 0.1) is 5.92 Å². The van der Waals surface area contributed by atoms with Crippen LogP contribution in [-0.2, 0) is 9.47 Å². The number of piperidine rings is 1. The van der Waals surface area contributed by atoms with Crippen molar-refractivity contribution in [3.8, 4) is 0 Å². The van der Waals surface area contributed by atoms with Crippen LogP contribution in [0.2, 0.25) is 0 Å². The Balaban J connectivity index is 0.00000338. The first-order chi connectivity index (χ1) is 12.3. The fourth-order valence-corrected chi connectivity index (χ4v) is 3.51. The van der Waals surface area contributed by atoms with E-state index in [9.17, 15) is 0 Å². The molecular formula is C19H39IN4O2. The van der Waals surface area contributed by atoms with E-state index in [4.69, 9.17) is 9.47 Å². The third-order valence-corrected chi connectivity index (χ3v) is 4.85. The van der Waals surface area contributed by atoms with E-state index >= 15 is 0 Å². The minimum Gasteiger partial charge on any atom is -0.379 e. The highest BCUT2D eigenvalue weighted by Crippen LogP contribution is 2.14. The van der Waals surface area contributed by atoms with Crippen molar-refractivity contribution < 1.29 is 9.47 Å². The zero-order chi connectivity index (χ0) is 17.7. The average molecular weight is 482 g/mol. The van der Waals surface area contributed by atoms with Crippen LogP contribution < -0.4 is 10.6 Å². The molecule has 154 valence electrons. The van der Waals surface area contributed by atoms with Gasteiger partial charge in [-0.2, -0.15) is 0 Å². The molecule has 2 N–H and O–H groups in total. The molecule has 2 atom stereocenters. The second-order valence-electron chi connectivity index (χ2n) is 7.30. The lowest BCUT2D eigenvalue weighted by molar-refractivity contribution is 0.0171. The smallest absolute Gasteiger partial charge is 0.191 e. The fraction of sp³-hybridized carbons (Fsp3) is 0.947. The van der Waals surface area contributed by atoms with Crippen molar-refractivity contribution in [2.45, 2.75) is 52.1 Å². The Morgan fingerprint density at radius 1 is 1.27 bits per heavy atom. The molecule has 0 aliphatic carbocycles. The Kier molecular flexibility index (Phi) is 13.7. The molecule has 2 aliphatic heterocycles. The van der Waals surface area contributed by atoms with E-state index in [-0.39, 0.29) is 24.0 Å². The van der Waals surface area contributed by atoms with Gasteiger partial charge in [0.25, 0.3) is 0 Å². The molecule has 0 aromatic rings. The quantitative estimate of drug-likeness (QED) is 0.217. The second-order valence-corrected chi connectivity index (χ2v) is 7.30. The number of hydrogen-bond acceptors (Lipinski definition) is 4. The van der Waals surface area contributed by atoms with Gasteiger partial charge in [0, 0.05) is 45.9 Å². The van der Waals surface area contributed by atoms with Gasteiger partial charge < -0.3 is 25.0 Å². The summed E-state index contributed by atoms with van der Waals surface area (Å²) in [6.07, 6.45) is 6.30. The molecule has 0 aromatic carbocycles. The van der Waals surface area contributed by atoms with Gasteiger partial charge in [0.15, 0.2) is 5.96 Å². The number of nitrogens with zero attached hydrogens (tertiary/aromatic N) is 2. The van der Waals surface area contributed by atoms with Crippen LogP contribution in [0.3, 0.4) is 0 Å². The minimum absolute atomic E-state index is 0. The summed E-state index contributed by atoms with van der Waals surface area (Å²) in [4.78, 5) is 7.20. The molecule has 2 unspecified atom stereocenters. The van der Waals surface area contributed by atoms with Crippen LogP contribution in [0.5, 0.6) is 0 Å². The molecule has 0 aromatic heterocycles. The number of nitrogens with one attached hydrogen (secondary N) is 2. The molecule has 2 saturated heterocycles. The molecule has 26 heavy (non-hydrogen) atoms. The second kappa shape index (κ2) is 14.9. The average Bonchev–Trinajstić information content (AvgIpc) is 3.11. The van der Waals surface area contributed by atoms with Gasteiger partial charge in [-0.3, -0.25) is 4.99 Å². The highest BCUT2D eigenvalue weighted by molar-refractivity contribution is 14.0. The van der Waals surface area contributed by atoms with Gasteiger partial charge in [-0.15, -0.1) is 24.0 Å². The maximum absolute atomic E-state index is 5.69. The zero-order valence-electron chi connectivity index (χ0n) is 16.7. The molecular weight excluding hydrogens is 443 g/mol.